The molecule has 8 heteroatoms. The van der Waals surface area contributed by atoms with Crippen molar-refractivity contribution in [2.75, 3.05) is 6.54 Å². The van der Waals surface area contributed by atoms with E-state index in [4.69, 9.17) is 0 Å². The van der Waals surface area contributed by atoms with Crippen LogP contribution in [0.25, 0.3) is 0 Å². The maximum absolute atomic E-state index is 13.9. The van der Waals surface area contributed by atoms with E-state index in [0.717, 1.165) is 44.1 Å². The molecule has 3 unspecified atom stereocenters. The van der Waals surface area contributed by atoms with Gasteiger partial charge in [-0.1, -0.05) is 12.1 Å². The van der Waals surface area contributed by atoms with Gasteiger partial charge in [0.2, 0.25) is 0 Å². The number of carbonyl (C=O) groups excluding carboxylic acids is 2. The van der Waals surface area contributed by atoms with Crippen molar-refractivity contribution < 1.29 is 19.1 Å². The normalized spacial score (nSPS) is 29.3. The van der Waals surface area contributed by atoms with E-state index >= 15 is 0 Å². The maximum Gasteiger partial charge on any atom is 0.296 e. The highest BCUT2D eigenvalue weighted by Crippen LogP contribution is 2.61. The number of nitrogens with zero attached hydrogens (tertiary/aromatic N) is 3. The molecule has 1 N–H and O–H groups in total. The lowest BCUT2D eigenvalue weighted by Crippen LogP contribution is -2.56. The molecular formula is C26H26FN3O4. The van der Waals surface area contributed by atoms with Gasteiger partial charge >= 0.3 is 0 Å². The summed E-state index contributed by atoms with van der Waals surface area (Å²) in [4.78, 5) is 44.5. The highest BCUT2D eigenvalue weighted by atomic mass is 19.1. The average molecular weight is 464 g/mol. The standard InChI is InChI=1S/C26H26FN3O4/c27-16-4-1-14(2-5-16)13-28-12-10-18-20(23(28)32)22(31)25(34)30-21(18)24(33)29(17-6-7-17)26(30)11-9-15-3-8-19(15)26/h1-2,4-5,15,17,19,31H,3,6-13H2. The second-order valence-corrected chi connectivity index (χ2v) is 10.6. The number of carbonyl (C=O) groups is 2. The number of halogens is 1. The van der Waals surface area contributed by atoms with Gasteiger partial charge in [-0.15, -0.1) is 0 Å². The predicted molar refractivity (Wildman–Crippen MR) is 120 cm³/mol. The zero-order chi connectivity index (χ0) is 23.4. The molecular weight excluding hydrogens is 437 g/mol. The molecule has 2 aliphatic heterocycles. The topological polar surface area (TPSA) is 82.8 Å². The van der Waals surface area contributed by atoms with Gasteiger partial charge in [-0.3, -0.25) is 19.0 Å². The highest BCUT2D eigenvalue weighted by molar-refractivity contribution is 6.05. The summed E-state index contributed by atoms with van der Waals surface area (Å²) >= 11 is 0. The first-order valence-electron chi connectivity index (χ1n) is 12.3. The third-order valence-corrected chi connectivity index (χ3v) is 8.91. The van der Waals surface area contributed by atoms with Crippen molar-refractivity contribution in [3.8, 4) is 5.75 Å². The molecule has 0 bridgehead atoms. The molecule has 7 nitrogen and oxygen atoms in total. The van der Waals surface area contributed by atoms with E-state index in [1.165, 1.54) is 12.1 Å². The molecule has 176 valence electrons. The molecule has 1 aromatic carbocycles. The van der Waals surface area contributed by atoms with Crippen LogP contribution in [0.15, 0.2) is 29.1 Å². The van der Waals surface area contributed by atoms with Crippen molar-refractivity contribution in [1.29, 1.82) is 0 Å². The van der Waals surface area contributed by atoms with Crippen LogP contribution in [0.2, 0.25) is 0 Å². The Balaban J connectivity index is 1.36. The Kier molecular flexibility index (Phi) is 3.99. The molecule has 2 amide bonds. The molecule has 3 saturated carbocycles. The fourth-order valence-electron chi connectivity index (χ4n) is 7.14. The van der Waals surface area contributed by atoms with E-state index in [1.54, 1.807) is 21.6 Å². The van der Waals surface area contributed by atoms with Crippen LogP contribution in [-0.2, 0) is 18.6 Å². The molecule has 0 radical (unpaired) electrons. The highest BCUT2D eigenvalue weighted by Gasteiger charge is 2.65. The minimum Gasteiger partial charge on any atom is -0.502 e. The van der Waals surface area contributed by atoms with Crippen LogP contribution in [0.5, 0.6) is 5.75 Å². The van der Waals surface area contributed by atoms with Gasteiger partial charge in [-0.05, 0) is 68.6 Å². The fraction of sp³-hybridized carbons (Fsp3) is 0.500. The third-order valence-electron chi connectivity index (χ3n) is 8.91. The number of benzene rings is 1. The van der Waals surface area contributed by atoms with Crippen LogP contribution in [-0.4, -0.2) is 43.9 Å². The van der Waals surface area contributed by atoms with Gasteiger partial charge in [0.25, 0.3) is 17.4 Å². The minimum atomic E-state index is -0.686. The lowest BCUT2D eigenvalue weighted by Gasteiger charge is -2.46. The van der Waals surface area contributed by atoms with Crippen LogP contribution in [0, 0.1) is 17.7 Å². The summed E-state index contributed by atoms with van der Waals surface area (Å²) in [5, 5.41) is 11.1. The van der Waals surface area contributed by atoms with E-state index in [1.807, 2.05) is 4.90 Å². The Hall–Kier alpha value is -3.16. The van der Waals surface area contributed by atoms with E-state index < -0.39 is 22.9 Å². The number of pyridine rings is 1. The summed E-state index contributed by atoms with van der Waals surface area (Å²) < 4.78 is 14.9. The first-order valence-corrected chi connectivity index (χ1v) is 12.3. The molecule has 3 fully saturated rings. The van der Waals surface area contributed by atoms with Crippen molar-refractivity contribution in [2.45, 2.75) is 63.2 Å². The monoisotopic (exact) mass is 463 g/mol. The number of fused-ring (bicyclic) bond motifs is 6. The molecule has 1 spiro atoms. The van der Waals surface area contributed by atoms with E-state index in [-0.39, 0.29) is 35.8 Å². The van der Waals surface area contributed by atoms with Crippen LogP contribution < -0.4 is 5.56 Å². The Labute approximate surface area is 195 Å². The molecule has 0 saturated heterocycles. The minimum absolute atomic E-state index is 0.0334. The summed E-state index contributed by atoms with van der Waals surface area (Å²) in [6.45, 7) is 0.607. The molecule has 3 aliphatic carbocycles. The Morgan fingerprint density at radius 1 is 1.00 bits per heavy atom. The molecule has 7 rings (SSSR count). The largest absolute Gasteiger partial charge is 0.502 e. The van der Waals surface area contributed by atoms with Gasteiger partial charge in [-0.2, -0.15) is 0 Å². The van der Waals surface area contributed by atoms with Gasteiger partial charge < -0.3 is 14.9 Å². The smallest absolute Gasteiger partial charge is 0.296 e. The zero-order valence-electron chi connectivity index (χ0n) is 18.8. The second-order valence-electron chi connectivity index (χ2n) is 10.6. The van der Waals surface area contributed by atoms with Gasteiger partial charge in [0.05, 0.1) is 5.56 Å². The molecule has 2 aromatic rings. The van der Waals surface area contributed by atoms with Crippen molar-refractivity contribution in [1.82, 2.24) is 14.4 Å². The number of hydrogen-bond donors (Lipinski definition) is 1. The van der Waals surface area contributed by atoms with Crippen LogP contribution >= 0.6 is 0 Å². The van der Waals surface area contributed by atoms with Crippen LogP contribution in [0.3, 0.4) is 0 Å². The lowest BCUT2D eigenvalue weighted by atomic mass is 9.72. The quantitative estimate of drug-likeness (QED) is 0.759. The van der Waals surface area contributed by atoms with E-state index in [0.29, 0.717) is 30.1 Å². The second kappa shape index (κ2) is 6.71. The van der Waals surface area contributed by atoms with Gasteiger partial charge in [0.15, 0.2) is 5.75 Å². The summed E-state index contributed by atoms with van der Waals surface area (Å²) in [5.74, 6) is -0.749. The number of amides is 2. The summed E-state index contributed by atoms with van der Waals surface area (Å²) in [7, 11) is 0. The average Bonchev–Trinajstić information content (AvgIpc) is 3.54. The Morgan fingerprint density at radius 3 is 2.41 bits per heavy atom. The first kappa shape index (κ1) is 20.2. The summed E-state index contributed by atoms with van der Waals surface area (Å²) in [6, 6.07) is 6.05. The fourth-order valence-corrected chi connectivity index (χ4v) is 7.14. The van der Waals surface area contributed by atoms with E-state index in [2.05, 4.69) is 0 Å². The summed E-state index contributed by atoms with van der Waals surface area (Å²) in [6.07, 6.45) is 6.08. The molecule has 3 heterocycles. The predicted octanol–water partition coefficient (Wildman–Crippen LogP) is 2.98. The van der Waals surface area contributed by atoms with Gasteiger partial charge in [0.1, 0.15) is 17.2 Å². The van der Waals surface area contributed by atoms with Crippen LogP contribution in [0.4, 0.5) is 4.39 Å². The lowest BCUT2D eigenvalue weighted by molar-refractivity contribution is -0.0274. The number of aromatic hydroxyl groups is 1. The van der Waals surface area contributed by atoms with Crippen LogP contribution in [0.1, 0.15) is 70.5 Å². The Bertz CT molecular complexity index is 1310. The third kappa shape index (κ3) is 2.43. The van der Waals surface area contributed by atoms with Crippen molar-refractivity contribution >= 4 is 11.8 Å². The molecule has 1 aromatic heterocycles. The molecule has 34 heavy (non-hydrogen) atoms. The first-order chi connectivity index (χ1) is 16.4. The molecule has 5 aliphatic rings. The molecule has 3 atom stereocenters. The van der Waals surface area contributed by atoms with Gasteiger partial charge in [-0.25, -0.2) is 4.39 Å². The van der Waals surface area contributed by atoms with Gasteiger partial charge in [0, 0.05) is 30.6 Å². The number of rotatable bonds is 3. The Morgan fingerprint density at radius 2 is 1.76 bits per heavy atom. The number of aromatic nitrogens is 1. The zero-order valence-corrected chi connectivity index (χ0v) is 18.8. The number of hydrogen-bond acceptors (Lipinski definition) is 4. The van der Waals surface area contributed by atoms with Crippen molar-refractivity contribution in [3.63, 3.8) is 0 Å². The van der Waals surface area contributed by atoms with Crippen molar-refractivity contribution in [3.05, 3.63) is 62.8 Å². The summed E-state index contributed by atoms with van der Waals surface area (Å²) in [5.41, 5.74) is 0.255. The maximum atomic E-state index is 13.9. The van der Waals surface area contributed by atoms with E-state index in [9.17, 15) is 23.9 Å². The van der Waals surface area contributed by atoms with Crippen molar-refractivity contribution in [2.24, 2.45) is 11.8 Å². The SMILES string of the molecule is O=C1c2c(c3n(c(=O)c2O)C2(CCC4CCC42)N(C2CC2)C3=O)CCN1Cc1ccc(F)cc1.